The van der Waals surface area contributed by atoms with Gasteiger partial charge in [-0.1, -0.05) is 0 Å². The number of carbonyl (C=O) groups is 3. The molecular formula is C32H50N8O13S. The molecule has 302 valence electrons. The van der Waals surface area contributed by atoms with Gasteiger partial charge in [-0.2, -0.15) is 0 Å². The molecule has 3 fully saturated rings. The van der Waals surface area contributed by atoms with E-state index in [1.54, 1.807) is 13.0 Å². The van der Waals surface area contributed by atoms with Crippen molar-refractivity contribution in [3.05, 3.63) is 18.6 Å². The monoisotopic (exact) mass is 786 g/mol. The minimum Gasteiger partial charge on any atom is -0.394 e. The van der Waals surface area contributed by atoms with E-state index < -0.39 is 95.6 Å². The largest absolute Gasteiger partial charge is 0.394 e. The summed E-state index contributed by atoms with van der Waals surface area (Å²) in [6.45, 7) is 2.22. The molecule has 10 atom stereocenters. The zero-order valence-corrected chi connectivity index (χ0v) is 31.4. The lowest BCUT2D eigenvalue weighted by Gasteiger charge is -2.47. The van der Waals surface area contributed by atoms with E-state index in [0.717, 1.165) is 30.3 Å². The fourth-order valence-electron chi connectivity index (χ4n) is 7.36. The van der Waals surface area contributed by atoms with Crippen LogP contribution in [0.3, 0.4) is 0 Å². The van der Waals surface area contributed by atoms with Crippen molar-refractivity contribution in [3.8, 4) is 0 Å². The number of anilines is 1. The number of carbonyl (C=O) groups excluding carboxylic acids is 3. The number of fused-ring (bicyclic) bond motifs is 1. The van der Waals surface area contributed by atoms with Crippen LogP contribution in [-0.4, -0.2) is 162 Å². The quantitative estimate of drug-likeness (QED) is 0.106. The highest BCUT2D eigenvalue weighted by molar-refractivity contribution is 7.89. The minimum absolute atomic E-state index is 0.0492. The molecular weight excluding hydrogens is 736 g/mol. The average molecular weight is 787 g/mol. The Bertz CT molecular complexity index is 1740. The standard InChI is InChI=1S/C32H50N8O13S/c1-15-21(36-16(2)42)25(22(43)20(12-41)51-15)52-31-24(45)23(44)26(50-5)27(53-31)30(46)37-38-32(47)40-11-10-19-28(34-14-35-29(19)40)39(4)18-8-6-17(7-9-18)13-54(48,49)33-3/h10-11,14-15,17-18,20-27,31,33,41,43-45H,6-9,12-13H2,1-5H3,(H,36,42)(H,37,46)(H,38,47)/t15-,17?,18?,20?,21?,22+,23+,24?,25+,26-,27?,31+/m0/s1. The van der Waals surface area contributed by atoms with Crippen molar-refractivity contribution in [2.45, 2.75) is 107 Å². The number of rotatable bonds is 11. The highest BCUT2D eigenvalue weighted by atomic mass is 32.2. The van der Waals surface area contributed by atoms with Gasteiger partial charge < -0.3 is 49.6 Å². The van der Waals surface area contributed by atoms with Gasteiger partial charge in [-0.3, -0.25) is 19.6 Å². The van der Waals surface area contributed by atoms with Crippen LogP contribution in [-0.2, 0) is 38.6 Å². The Kier molecular flexibility index (Phi) is 13.5. The topological polar surface area (TPSA) is 285 Å². The van der Waals surface area contributed by atoms with Gasteiger partial charge in [0.1, 0.15) is 48.8 Å². The second kappa shape index (κ2) is 17.5. The maximum atomic E-state index is 13.4. The fourth-order valence-corrected chi connectivity index (χ4v) is 8.48. The molecule has 4 heterocycles. The number of hydrogen-bond acceptors (Lipinski definition) is 16. The number of methoxy groups -OCH3 is 1. The van der Waals surface area contributed by atoms with E-state index in [4.69, 9.17) is 18.9 Å². The first-order chi connectivity index (χ1) is 25.6. The van der Waals surface area contributed by atoms with E-state index in [0.29, 0.717) is 11.2 Å². The lowest BCUT2D eigenvalue weighted by atomic mass is 9.86. The van der Waals surface area contributed by atoms with Gasteiger partial charge in [-0.15, -0.1) is 0 Å². The first-order valence-corrected chi connectivity index (χ1v) is 19.2. The van der Waals surface area contributed by atoms with Gasteiger partial charge in [0.2, 0.25) is 15.9 Å². The molecule has 0 aromatic carbocycles. The summed E-state index contributed by atoms with van der Waals surface area (Å²) in [6.07, 6.45) is -7.45. The molecule has 3 amide bonds. The molecule has 2 aromatic heterocycles. The number of amides is 3. The summed E-state index contributed by atoms with van der Waals surface area (Å²) in [5, 5.41) is 45.6. The van der Waals surface area contributed by atoms with Crippen molar-refractivity contribution in [3.63, 3.8) is 0 Å². The summed E-state index contributed by atoms with van der Waals surface area (Å²) >= 11 is 0. The number of aliphatic hydroxyl groups excluding tert-OH is 4. The smallest absolute Gasteiger partial charge is 0.345 e. The van der Waals surface area contributed by atoms with Gasteiger partial charge in [0.15, 0.2) is 18.0 Å². The Labute approximate surface area is 311 Å². The molecule has 2 aromatic rings. The van der Waals surface area contributed by atoms with Crippen LogP contribution < -0.4 is 25.8 Å². The molecule has 1 aliphatic carbocycles. The van der Waals surface area contributed by atoms with Crippen LogP contribution in [0.15, 0.2) is 18.6 Å². The molecule has 5 rings (SSSR count). The van der Waals surface area contributed by atoms with Crippen molar-refractivity contribution < 1.29 is 62.2 Å². The Morgan fingerprint density at radius 1 is 1.04 bits per heavy atom. The predicted octanol–water partition coefficient (Wildman–Crippen LogP) is -2.94. The molecule has 21 nitrogen and oxygen atoms in total. The van der Waals surface area contributed by atoms with Crippen molar-refractivity contribution in [2.24, 2.45) is 5.92 Å². The van der Waals surface area contributed by atoms with Crippen LogP contribution in [0.5, 0.6) is 0 Å². The molecule has 0 radical (unpaired) electrons. The van der Waals surface area contributed by atoms with E-state index in [2.05, 4.69) is 30.9 Å². The summed E-state index contributed by atoms with van der Waals surface area (Å²) in [4.78, 5) is 49.4. The van der Waals surface area contributed by atoms with Crippen LogP contribution >= 0.6 is 0 Å². The number of ether oxygens (including phenoxy) is 4. The maximum absolute atomic E-state index is 13.4. The number of nitrogens with zero attached hydrogens (tertiary/aromatic N) is 4. The number of aliphatic hydroxyl groups is 4. The van der Waals surface area contributed by atoms with Crippen LogP contribution in [0.25, 0.3) is 11.0 Å². The fraction of sp³-hybridized carbons (Fsp3) is 0.719. The second-order valence-corrected chi connectivity index (χ2v) is 15.8. The summed E-state index contributed by atoms with van der Waals surface area (Å²) in [7, 11) is 1.15. The van der Waals surface area contributed by atoms with Gasteiger partial charge in [0, 0.05) is 33.3 Å². The van der Waals surface area contributed by atoms with Gasteiger partial charge in [0.25, 0.3) is 5.91 Å². The molecule has 54 heavy (non-hydrogen) atoms. The van der Waals surface area contributed by atoms with Crippen molar-refractivity contribution >= 4 is 44.7 Å². The lowest BCUT2D eigenvalue weighted by molar-refractivity contribution is -0.325. The first-order valence-electron chi connectivity index (χ1n) is 17.6. The number of hydrazine groups is 1. The molecule has 3 aliphatic rings. The van der Waals surface area contributed by atoms with Crippen LogP contribution in [0.2, 0.25) is 0 Å². The van der Waals surface area contributed by atoms with E-state index in [1.807, 2.05) is 11.9 Å². The molecule has 2 saturated heterocycles. The van der Waals surface area contributed by atoms with E-state index >= 15 is 0 Å². The molecule has 2 aliphatic heterocycles. The molecule has 1 saturated carbocycles. The number of aromatic nitrogens is 3. The SMILES string of the molecule is CNS(=O)(=O)CC1CCC(N(C)c2ncnc3c2ccn3C(=O)NNC(=O)C2O[C@@H](O[C@@H]3C(NC(C)=O)[C@H](C)OC(CO)[C@H]3O)C(O)[C@@H](O)[C@@H]2OC)CC1. The molecule has 0 spiro atoms. The molecule has 22 heteroatoms. The Morgan fingerprint density at radius 2 is 1.74 bits per heavy atom. The second-order valence-electron chi connectivity index (χ2n) is 13.8. The first kappa shape index (κ1) is 41.6. The summed E-state index contributed by atoms with van der Waals surface area (Å²) in [5.74, 6) is -0.788. The summed E-state index contributed by atoms with van der Waals surface area (Å²) < 4.78 is 50.1. The number of nitrogens with one attached hydrogen (secondary N) is 4. The minimum atomic E-state index is -3.31. The lowest BCUT2D eigenvalue weighted by Crippen LogP contribution is -2.68. The third kappa shape index (κ3) is 8.93. The summed E-state index contributed by atoms with van der Waals surface area (Å²) in [6, 6.07) is -0.0725. The van der Waals surface area contributed by atoms with Crippen molar-refractivity contribution in [1.82, 2.24) is 35.4 Å². The number of sulfonamides is 1. The van der Waals surface area contributed by atoms with Gasteiger partial charge >= 0.3 is 6.03 Å². The zero-order valence-electron chi connectivity index (χ0n) is 30.6. The third-order valence-electron chi connectivity index (χ3n) is 10.3. The molecule has 8 N–H and O–H groups in total. The molecule has 0 bridgehead atoms. The maximum Gasteiger partial charge on any atom is 0.345 e. The Morgan fingerprint density at radius 3 is 2.37 bits per heavy atom. The highest BCUT2D eigenvalue weighted by Gasteiger charge is 2.52. The van der Waals surface area contributed by atoms with Crippen LogP contribution in [0.4, 0.5) is 10.6 Å². The van der Waals surface area contributed by atoms with Crippen molar-refractivity contribution in [2.75, 3.05) is 38.5 Å². The van der Waals surface area contributed by atoms with Crippen LogP contribution in [0.1, 0.15) is 39.5 Å². The van der Waals surface area contributed by atoms with Crippen molar-refractivity contribution in [1.29, 1.82) is 0 Å². The predicted molar refractivity (Wildman–Crippen MR) is 188 cm³/mol. The Hall–Kier alpha value is -3.58. The number of hydrogen-bond donors (Lipinski definition) is 8. The zero-order chi connectivity index (χ0) is 39.5. The normalized spacial score (nSPS) is 33.2. The van der Waals surface area contributed by atoms with Gasteiger partial charge in [0.05, 0.1) is 29.9 Å². The average Bonchev–Trinajstić information content (AvgIpc) is 3.59. The van der Waals surface area contributed by atoms with Gasteiger partial charge in [-0.25, -0.2) is 33.3 Å². The van der Waals surface area contributed by atoms with Crippen LogP contribution in [0, 0.1) is 5.92 Å². The van der Waals surface area contributed by atoms with E-state index in [-0.39, 0.29) is 23.4 Å². The van der Waals surface area contributed by atoms with E-state index in [1.165, 1.54) is 33.6 Å². The Balaban J connectivity index is 1.25. The highest BCUT2D eigenvalue weighted by Crippen LogP contribution is 2.33. The van der Waals surface area contributed by atoms with Gasteiger partial charge in [-0.05, 0) is 51.6 Å². The van der Waals surface area contributed by atoms with E-state index in [9.17, 15) is 43.2 Å². The molecule has 4 unspecified atom stereocenters. The third-order valence-corrected chi connectivity index (χ3v) is 11.9. The summed E-state index contributed by atoms with van der Waals surface area (Å²) in [5.41, 5.74) is 4.75.